The molecule has 0 saturated heterocycles. The maximum Gasteiger partial charge on any atom is 0.140 e. The van der Waals surface area contributed by atoms with Gasteiger partial charge in [0.1, 0.15) is 5.75 Å². The largest absolute Gasteiger partial charge is 0.506 e. The van der Waals surface area contributed by atoms with E-state index in [2.05, 4.69) is 15.9 Å². The van der Waals surface area contributed by atoms with Crippen molar-refractivity contribution in [2.45, 2.75) is 12.5 Å². The Balaban J connectivity index is 0.00000196. The first-order chi connectivity index (χ1) is 6.57. The summed E-state index contributed by atoms with van der Waals surface area (Å²) in [5, 5.41) is 9.99. The van der Waals surface area contributed by atoms with Gasteiger partial charge in [0.05, 0.1) is 5.02 Å². The summed E-state index contributed by atoms with van der Waals surface area (Å²) in [4.78, 5) is 0. The third kappa shape index (κ3) is 3.50. The molecule has 3 nitrogen and oxygen atoms in total. The molecule has 0 aliphatic carbocycles. The quantitative estimate of drug-likeness (QED) is 0.802. The standard InChI is InChI=1S/C9H12BrClN2O.ClH/c10-5-1-2-6(11)9(14)8(5)7(13)3-4-12;/h1-2,7,14H,3-4,12-13H2;1H/t7-;/m1./s1. The van der Waals surface area contributed by atoms with Gasteiger partial charge in [-0.15, -0.1) is 12.4 Å². The van der Waals surface area contributed by atoms with Crippen molar-refractivity contribution in [3.8, 4) is 5.75 Å². The van der Waals surface area contributed by atoms with Crippen LogP contribution in [-0.4, -0.2) is 11.7 Å². The van der Waals surface area contributed by atoms with E-state index in [0.29, 0.717) is 23.6 Å². The molecule has 0 unspecified atom stereocenters. The van der Waals surface area contributed by atoms with Crippen molar-refractivity contribution in [2.24, 2.45) is 11.5 Å². The van der Waals surface area contributed by atoms with Crippen LogP contribution in [0.2, 0.25) is 5.02 Å². The molecule has 0 heterocycles. The smallest absolute Gasteiger partial charge is 0.140 e. The fourth-order valence-electron chi connectivity index (χ4n) is 1.23. The number of hydrogen-bond acceptors (Lipinski definition) is 3. The molecule has 6 heteroatoms. The zero-order chi connectivity index (χ0) is 10.7. The highest BCUT2D eigenvalue weighted by atomic mass is 79.9. The Hall–Kier alpha value is -0.000000000000000111. The summed E-state index contributed by atoms with van der Waals surface area (Å²) >= 11 is 9.08. The summed E-state index contributed by atoms with van der Waals surface area (Å²) in [6.45, 7) is 0.472. The molecule has 0 amide bonds. The summed E-state index contributed by atoms with van der Waals surface area (Å²) in [5.41, 5.74) is 11.9. The Morgan fingerprint density at radius 3 is 2.60 bits per heavy atom. The maximum atomic E-state index is 9.69. The van der Waals surface area contributed by atoms with Crippen LogP contribution in [0.25, 0.3) is 0 Å². The zero-order valence-electron chi connectivity index (χ0n) is 7.91. The van der Waals surface area contributed by atoms with Gasteiger partial charge in [0, 0.05) is 16.1 Å². The Morgan fingerprint density at radius 2 is 2.07 bits per heavy atom. The molecule has 86 valence electrons. The monoisotopic (exact) mass is 314 g/mol. The second kappa shape index (κ2) is 6.55. The average Bonchev–Trinajstić information content (AvgIpc) is 2.13. The third-order valence-electron chi connectivity index (χ3n) is 1.96. The van der Waals surface area contributed by atoms with Crippen LogP contribution in [0, 0.1) is 0 Å². The van der Waals surface area contributed by atoms with Crippen LogP contribution in [0.3, 0.4) is 0 Å². The molecular formula is C9H13BrCl2N2O. The molecule has 1 aromatic rings. The van der Waals surface area contributed by atoms with Crippen molar-refractivity contribution in [3.05, 3.63) is 27.2 Å². The summed E-state index contributed by atoms with van der Waals surface area (Å²) in [5.74, 6) is 0.0296. The van der Waals surface area contributed by atoms with Gasteiger partial charge >= 0.3 is 0 Å². The zero-order valence-corrected chi connectivity index (χ0v) is 11.1. The van der Waals surface area contributed by atoms with E-state index in [0.717, 1.165) is 4.47 Å². The maximum absolute atomic E-state index is 9.69. The van der Waals surface area contributed by atoms with Gasteiger partial charge in [-0.2, -0.15) is 0 Å². The predicted octanol–water partition coefficient (Wildman–Crippen LogP) is 2.58. The van der Waals surface area contributed by atoms with E-state index in [1.807, 2.05) is 0 Å². The number of benzene rings is 1. The van der Waals surface area contributed by atoms with E-state index >= 15 is 0 Å². The summed E-state index contributed by atoms with van der Waals surface area (Å²) in [6.07, 6.45) is 0.604. The van der Waals surface area contributed by atoms with E-state index in [-0.39, 0.29) is 24.2 Å². The first kappa shape index (κ1) is 15.0. The minimum atomic E-state index is -0.298. The van der Waals surface area contributed by atoms with Crippen molar-refractivity contribution in [3.63, 3.8) is 0 Å². The number of rotatable bonds is 3. The van der Waals surface area contributed by atoms with Gasteiger partial charge in [0.25, 0.3) is 0 Å². The van der Waals surface area contributed by atoms with E-state index < -0.39 is 0 Å². The first-order valence-electron chi connectivity index (χ1n) is 4.20. The predicted molar refractivity (Wildman–Crippen MR) is 68.7 cm³/mol. The lowest BCUT2D eigenvalue weighted by atomic mass is 10.0. The third-order valence-corrected chi connectivity index (χ3v) is 2.96. The lowest BCUT2D eigenvalue weighted by molar-refractivity contribution is 0.458. The Kier molecular flexibility index (Phi) is 6.55. The number of phenolic OH excluding ortho intramolecular Hbond substituents is 1. The lowest BCUT2D eigenvalue weighted by Gasteiger charge is -2.15. The van der Waals surface area contributed by atoms with Gasteiger partial charge in [-0.25, -0.2) is 0 Å². The molecule has 0 fully saturated rings. The molecule has 1 rings (SSSR count). The van der Waals surface area contributed by atoms with Crippen molar-refractivity contribution in [1.29, 1.82) is 0 Å². The molecule has 5 N–H and O–H groups in total. The van der Waals surface area contributed by atoms with Crippen molar-refractivity contribution < 1.29 is 5.11 Å². The fraction of sp³-hybridized carbons (Fsp3) is 0.333. The second-order valence-electron chi connectivity index (χ2n) is 2.98. The van der Waals surface area contributed by atoms with Gasteiger partial charge in [0.15, 0.2) is 0 Å². The molecule has 0 aromatic heterocycles. The number of halogens is 3. The highest BCUT2D eigenvalue weighted by Crippen LogP contribution is 2.37. The number of phenols is 1. The molecule has 1 aromatic carbocycles. The molecule has 0 saturated carbocycles. The normalized spacial score (nSPS) is 12.0. The van der Waals surface area contributed by atoms with Gasteiger partial charge in [-0.3, -0.25) is 0 Å². The molecule has 0 bridgehead atoms. The van der Waals surface area contributed by atoms with E-state index in [4.69, 9.17) is 23.1 Å². The Labute approximate surface area is 108 Å². The molecule has 0 aliphatic heterocycles. The van der Waals surface area contributed by atoms with Crippen LogP contribution in [0.15, 0.2) is 16.6 Å². The highest BCUT2D eigenvalue weighted by molar-refractivity contribution is 9.10. The average molecular weight is 316 g/mol. The highest BCUT2D eigenvalue weighted by Gasteiger charge is 2.16. The van der Waals surface area contributed by atoms with E-state index in [1.165, 1.54) is 0 Å². The summed E-state index contributed by atoms with van der Waals surface area (Å²) in [7, 11) is 0. The van der Waals surface area contributed by atoms with E-state index in [1.54, 1.807) is 12.1 Å². The van der Waals surface area contributed by atoms with Crippen LogP contribution in [-0.2, 0) is 0 Å². The molecule has 0 spiro atoms. The molecule has 15 heavy (non-hydrogen) atoms. The van der Waals surface area contributed by atoms with E-state index in [9.17, 15) is 5.11 Å². The number of hydrogen-bond donors (Lipinski definition) is 3. The lowest BCUT2D eigenvalue weighted by Crippen LogP contribution is -2.16. The molecular weight excluding hydrogens is 303 g/mol. The topological polar surface area (TPSA) is 72.3 Å². The van der Waals surface area contributed by atoms with Gasteiger partial charge in [-0.05, 0) is 25.1 Å². The van der Waals surface area contributed by atoms with Crippen LogP contribution >= 0.6 is 39.9 Å². The van der Waals surface area contributed by atoms with Gasteiger partial charge in [0.2, 0.25) is 0 Å². The molecule has 0 radical (unpaired) electrons. The van der Waals surface area contributed by atoms with Crippen molar-refractivity contribution in [1.82, 2.24) is 0 Å². The van der Waals surface area contributed by atoms with Crippen LogP contribution in [0.4, 0.5) is 0 Å². The fourth-order valence-corrected chi connectivity index (χ4v) is 2.01. The van der Waals surface area contributed by atoms with Crippen LogP contribution in [0.5, 0.6) is 5.75 Å². The van der Waals surface area contributed by atoms with Crippen LogP contribution in [0.1, 0.15) is 18.0 Å². The second-order valence-corrected chi connectivity index (χ2v) is 4.24. The molecule has 1 atom stereocenters. The Bertz CT molecular complexity index is 336. The Morgan fingerprint density at radius 1 is 1.47 bits per heavy atom. The summed E-state index contributed by atoms with van der Waals surface area (Å²) < 4.78 is 0.750. The minimum Gasteiger partial charge on any atom is -0.506 e. The van der Waals surface area contributed by atoms with Crippen molar-refractivity contribution in [2.75, 3.05) is 6.54 Å². The molecule has 0 aliphatic rings. The summed E-state index contributed by atoms with van der Waals surface area (Å²) in [6, 6.07) is 3.07. The van der Waals surface area contributed by atoms with Gasteiger partial charge in [-0.1, -0.05) is 27.5 Å². The number of nitrogens with two attached hydrogens (primary N) is 2. The van der Waals surface area contributed by atoms with Crippen molar-refractivity contribution >= 4 is 39.9 Å². The van der Waals surface area contributed by atoms with Crippen LogP contribution < -0.4 is 11.5 Å². The van der Waals surface area contributed by atoms with Gasteiger partial charge < -0.3 is 16.6 Å². The SMILES string of the molecule is Cl.NCC[C@@H](N)c1c(Br)ccc(Cl)c1O. The minimum absolute atomic E-state index is 0. The number of aromatic hydroxyl groups is 1. The first-order valence-corrected chi connectivity index (χ1v) is 5.37.